The van der Waals surface area contributed by atoms with Gasteiger partial charge in [-0.25, -0.2) is 9.78 Å². The largest absolute Gasteiger partial charge is 0.452 e. The molecule has 1 aliphatic heterocycles. The van der Waals surface area contributed by atoms with Gasteiger partial charge in [0, 0.05) is 19.0 Å². The normalized spacial score (nSPS) is 21.5. The Morgan fingerprint density at radius 1 is 1.17 bits per heavy atom. The van der Waals surface area contributed by atoms with Crippen LogP contribution in [0.5, 0.6) is 0 Å². The van der Waals surface area contributed by atoms with Gasteiger partial charge in [0.1, 0.15) is 5.82 Å². The van der Waals surface area contributed by atoms with Gasteiger partial charge in [0.05, 0.1) is 16.5 Å². The Morgan fingerprint density at radius 3 is 2.83 bits per heavy atom. The third kappa shape index (κ3) is 4.40. The first-order valence-corrected chi connectivity index (χ1v) is 11.0. The molecule has 7 heteroatoms. The van der Waals surface area contributed by atoms with Crippen molar-refractivity contribution >= 4 is 22.8 Å². The number of hydrogen-bond donors (Lipinski definition) is 1. The number of nitrogens with zero attached hydrogens (tertiary/aromatic N) is 2. The van der Waals surface area contributed by atoms with Crippen LogP contribution in [0.4, 0.5) is 0 Å². The van der Waals surface area contributed by atoms with E-state index in [4.69, 9.17) is 4.74 Å². The average molecular weight is 412 g/mol. The van der Waals surface area contributed by atoms with Crippen molar-refractivity contribution in [3.8, 4) is 0 Å². The zero-order valence-electron chi connectivity index (χ0n) is 17.5. The molecular formula is C23H29N3O4. The van der Waals surface area contributed by atoms with E-state index >= 15 is 0 Å². The van der Waals surface area contributed by atoms with E-state index in [0.29, 0.717) is 28.9 Å². The molecule has 0 saturated heterocycles. The SMILES string of the molecule is C[C@H]1CCCC[C@H]1NC(=O)COC(=O)c1ccc2c(=O)n3c(nc2c1)CCCCC3. The molecule has 1 aromatic carbocycles. The molecule has 1 N–H and O–H groups in total. The van der Waals surface area contributed by atoms with Crippen molar-refractivity contribution in [2.45, 2.75) is 70.9 Å². The highest BCUT2D eigenvalue weighted by atomic mass is 16.5. The minimum atomic E-state index is -0.583. The highest BCUT2D eigenvalue weighted by Gasteiger charge is 2.23. The number of fused-ring (bicyclic) bond motifs is 2. The predicted octanol–water partition coefficient (Wildman–Crippen LogP) is 2.97. The molecule has 1 saturated carbocycles. The second-order valence-corrected chi connectivity index (χ2v) is 8.54. The fourth-order valence-corrected chi connectivity index (χ4v) is 4.54. The van der Waals surface area contributed by atoms with Gasteiger partial charge in [-0.2, -0.15) is 0 Å². The summed E-state index contributed by atoms with van der Waals surface area (Å²) in [4.78, 5) is 42.1. The quantitative estimate of drug-likeness (QED) is 0.781. The van der Waals surface area contributed by atoms with Gasteiger partial charge >= 0.3 is 5.97 Å². The molecule has 2 aromatic rings. The number of amides is 1. The maximum absolute atomic E-state index is 12.8. The first kappa shape index (κ1) is 20.6. The Morgan fingerprint density at radius 2 is 2.00 bits per heavy atom. The second kappa shape index (κ2) is 8.98. The molecule has 0 bridgehead atoms. The van der Waals surface area contributed by atoms with Crippen molar-refractivity contribution in [1.29, 1.82) is 0 Å². The number of aryl methyl sites for hydroxylation is 1. The maximum Gasteiger partial charge on any atom is 0.338 e. The van der Waals surface area contributed by atoms with Crippen LogP contribution in [0.1, 0.15) is 68.1 Å². The lowest BCUT2D eigenvalue weighted by Gasteiger charge is -2.29. The van der Waals surface area contributed by atoms with Gasteiger partial charge in [-0.1, -0.05) is 26.2 Å². The zero-order valence-corrected chi connectivity index (χ0v) is 17.5. The molecular weight excluding hydrogens is 382 g/mol. The third-order valence-corrected chi connectivity index (χ3v) is 6.34. The Balaban J connectivity index is 1.44. The highest BCUT2D eigenvalue weighted by molar-refractivity contribution is 5.95. The molecule has 160 valence electrons. The van der Waals surface area contributed by atoms with Crippen LogP contribution >= 0.6 is 0 Å². The summed E-state index contributed by atoms with van der Waals surface area (Å²) in [6.45, 7) is 2.53. The van der Waals surface area contributed by atoms with Crippen LogP contribution in [-0.2, 0) is 22.5 Å². The summed E-state index contributed by atoms with van der Waals surface area (Å²) in [7, 11) is 0. The van der Waals surface area contributed by atoms with E-state index < -0.39 is 5.97 Å². The van der Waals surface area contributed by atoms with Crippen molar-refractivity contribution in [2.24, 2.45) is 5.92 Å². The number of carbonyl (C=O) groups excluding carboxylic acids is 2. The van der Waals surface area contributed by atoms with Crippen molar-refractivity contribution < 1.29 is 14.3 Å². The summed E-state index contributed by atoms with van der Waals surface area (Å²) in [6, 6.07) is 4.94. The molecule has 30 heavy (non-hydrogen) atoms. The van der Waals surface area contributed by atoms with E-state index in [1.807, 2.05) is 0 Å². The first-order valence-electron chi connectivity index (χ1n) is 11.0. The molecule has 0 spiro atoms. The van der Waals surface area contributed by atoms with Gasteiger partial charge in [-0.05, 0) is 49.8 Å². The minimum absolute atomic E-state index is 0.0576. The molecule has 1 aromatic heterocycles. The fourth-order valence-electron chi connectivity index (χ4n) is 4.54. The lowest BCUT2D eigenvalue weighted by Crippen LogP contribution is -2.42. The number of aromatic nitrogens is 2. The summed E-state index contributed by atoms with van der Waals surface area (Å²) >= 11 is 0. The van der Waals surface area contributed by atoms with E-state index in [2.05, 4.69) is 17.2 Å². The molecule has 4 rings (SSSR count). The summed E-state index contributed by atoms with van der Waals surface area (Å²) in [5, 5.41) is 3.48. The summed E-state index contributed by atoms with van der Waals surface area (Å²) in [6.07, 6.45) is 8.22. The highest BCUT2D eigenvalue weighted by Crippen LogP contribution is 2.23. The predicted molar refractivity (Wildman–Crippen MR) is 113 cm³/mol. The van der Waals surface area contributed by atoms with Crippen LogP contribution in [0, 0.1) is 5.92 Å². The lowest BCUT2D eigenvalue weighted by atomic mass is 9.86. The molecule has 1 amide bonds. The molecule has 2 atom stereocenters. The van der Waals surface area contributed by atoms with E-state index in [1.54, 1.807) is 22.8 Å². The zero-order chi connectivity index (χ0) is 21.1. The summed E-state index contributed by atoms with van der Waals surface area (Å²) in [5.41, 5.74) is 0.743. The number of carbonyl (C=O) groups is 2. The van der Waals surface area contributed by atoms with Gasteiger partial charge in [0.2, 0.25) is 0 Å². The fraction of sp³-hybridized carbons (Fsp3) is 0.565. The van der Waals surface area contributed by atoms with Crippen molar-refractivity contribution in [3.05, 3.63) is 39.9 Å². The van der Waals surface area contributed by atoms with Crippen LogP contribution in [0.2, 0.25) is 0 Å². The molecule has 1 fully saturated rings. The number of benzene rings is 1. The number of ether oxygens (including phenoxy) is 1. The van der Waals surface area contributed by atoms with Crippen LogP contribution < -0.4 is 10.9 Å². The van der Waals surface area contributed by atoms with Gasteiger partial charge in [0.15, 0.2) is 6.61 Å². The Kier molecular flexibility index (Phi) is 6.16. The van der Waals surface area contributed by atoms with Crippen molar-refractivity contribution in [3.63, 3.8) is 0 Å². The Hall–Kier alpha value is -2.70. The lowest BCUT2D eigenvalue weighted by molar-refractivity contribution is -0.125. The minimum Gasteiger partial charge on any atom is -0.452 e. The Labute approximate surface area is 175 Å². The monoisotopic (exact) mass is 411 g/mol. The number of esters is 1. The second-order valence-electron chi connectivity index (χ2n) is 8.54. The first-order chi connectivity index (χ1) is 14.5. The van der Waals surface area contributed by atoms with Gasteiger partial charge < -0.3 is 10.1 Å². The van der Waals surface area contributed by atoms with Crippen LogP contribution in [0.3, 0.4) is 0 Å². The molecule has 1 aliphatic carbocycles. The molecule has 0 unspecified atom stereocenters. The van der Waals surface area contributed by atoms with Crippen LogP contribution in [-0.4, -0.2) is 34.1 Å². The van der Waals surface area contributed by atoms with Crippen LogP contribution in [0.25, 0.3) is 10.9 Å². The molecule has 2 aliphatic rings. The maximum atomic E-state index is 12.8. The molecule has 2 heterocycles. The number of rotatable bonds is 4. The van der Waals surface area contributed by atoms with Gasteiger partial charge in [-0.3, -0.25) is 14.2 Å². The average Bonchev–Trinajstić information content (AvgIpc) is 2.99. The van der Waals surface area contributed by atoms with Crippen LogP contribution in [0.15, 0.2) is 23.0 Å². The summed E-state index contributed by atoms with van der Waals surface area (Å²) < 4.78 is 6.97. The van der Waals surface area contributed by atoms with E-state index in [1.165, 1.54) is 6.42 Å². The molecule has 0 radical (unpaired) electrons. The van der Waals surface area contributed by atoms with Crippen molar-refractivity contribution in [2.75, 3.05) is 6.61 Å². The number of nitrogens with one attached hydrogen (secondary N) is 1. The smallest absolute Gasteiger partial charge is 0.338 e. The van der Waals surface area contributed by atoms with Crippen molar-refractivity contribution in [1.82, 2.24) is 14.9 Å². The van der Waals surface area contributed by atoms with Gasteiger partial charge in [-0.15, -0.1) is 0 Å². The van der Waals surface area contributed by atoms with Gasteiger partial charge in [0.25, 0.3) is 11.5 Å². The van der Waals surface area contributed by atoms with E-state index in [0.717, 1.165) is 50.8 Å². The number of hydrogen-bond acceptors (Lipinski definition) is 5. The van der Waals surface area contributed by atoms with E-state index in [-0.39, 0.29) is 24.1 Å². The molecule has 7 nitrogen and oxygen atoms in total. The third-order valence-electron chi connectivity index (χ3n) is 6.34. The van der Waals surface area contributed by atoms with E-state index in [9.17, 15) is 14.4 Å². The summed E-state index contributed by atoms with van der Waals surface area (Å²) in [5.74, 6) is 0.362. The standard InChI is InChI=1S/C23H29N3O4/c1-15-7-4-5-8-18(15)25-21(27)14-30-23(29)16-10-11-17-19(13-16)24-20-9-3-2-6-12-26(20)22(17)28/h10-11,13,15,18H,2-9,12,14H2,1H3,(H,25,27)/t15-,18+/m0/s1. The topological polar surface area (TPSA) is 90.3 Å². The Bertz CT molecular complexity index is 1010.